The van der Waals surface area contributed by atoms with Gasteiger partial charge >= 0.3 is 0 Å². The maximum atomic E-state index is 12.7. The number of thiophene rings is 1. The number of aromatic nitrogens is 1. The van der Waals surface area contributed by atoms with Crippen molar-refractivity contribution in [2.75, 3.05) is 5.32 Å². The predicted octanol–water partition coefficient (Wildman–Crippen LogP) is 3.20. The van der Waals surface area contributed by atoms with Gasteiger partial charge in [0.25, 0.3) is 0 Å². The molecule has 0 aliphatic carbocycles. The molecule has 0 aliphatic rings. The number of halogens is 1. The monoisotopic (exact) mass is 222 g/mol. The van der Waals surface area contributed by atoms with Crippen LogP contribution in [0.5, 0.6) is 0 Å². The summed E-state index contributed by atoms with van der Waals surface area (Å²) in [7, 11) is 0. The standard InChI is InChI=1S/C11H11FN2S/c1-8-2-3-10(15-8)7-14-9-4-5-13-11(12)6-9/h2-6H,7H2,1H3,(H,13,14). The highest BCUT2D eigenvalue weighted by Gasteiger charge is 1.98. The fraction of sp³-hybridized carbons (Fsp3) is 0.182. The number of nitrogens with one attached hydrogen (secondary N) is 1. The van der Waals surface area contributed by atoms with E-state index in [0.717, 1.165) is 12.2 Å². The Hall–Kier alpha value is -1.42. The van der Waals surface area contributed by atoms with Gasteiger partial charge in [0.1, 0.15) is 0 Å². The van der Waals surface area contributed by atoms with Gasteiger partial charge in [0, 0.05) is 34.2 Å². The van der Waals surface area contributed by atoms with Crippen molar-refractivity contribution in [3.63, 3.8) is 0 Å². The lowest BCUT2D eigenvalue weighted by molar-refractivity contribution is 0.584. The van der Waals surface area contributed by atoms with Crippen molar-refractivity contribution in [1.82, 2.24) is 4.98 Å². The third-order valence-corrected chi connectivity index (χ3v) is 2.99. The Morgan fingerprint density at radius 2 is 2.27 bits per heavy atom. The molecule has 0 radical (unpaired) electrons. The number of rotatable bonds is 3. The van der Waals surface area contributed by atoms with Gasteiger partial charge in [-0.05, 0) is 25.1 Å². The second-order valence-corrected chi connectivity index (χ2v) is 4.61. The largest absolute Gasteiger partial charge is 0.380 e. The molecular weight excluding hydrogens is 211 g/mol. The summed E-state index contributed by atoms with van der Waals surface area (Å²) < 4.78 is 12.7. The molecule has 78 valence electrons. The summed E-state index contributed by atoms with van der Waals surface area (Å²) in [5.74, 6) is -0.456. The van der Waals surface area contributed by atoms with Crippen molar-refractivity contribution in [2.45, 2.75) is 13.5 Å². The van der Waals surface area contributed by atoms with E-state index in [1.54, 1.807) is 17.4 Å². The summed E-state index contributed by atoms with van der Waals surface area (Å²) in [6, 6.07) is 7.30. The van der Waals surface area contributed by atoms with Gasteiger partial charge in [-0.15, -0.1) is 11.3 Å². The molecule has 2 aromatic rings. The van der Waals surface area contributed by atoms with E-state index in [4.69, 9.17) is 0 Å². The van der Waals surface area contributed by atoms with E-state index in [0.29, 0.717) is 0 Å². The number of hydrogen-bond donors (Lipinski definition) is 1. The quantitative estimate of drug-likeness (QED) is 0.807. The minimum atomic E-state index is -0.456. The van der Waals surface area contributed by atoms with Gasteiger partial charge in [0.2, 0.25) is 5.95 Å². The Morgan fingerprint density at radius 3 is 2.93 bits per heavy atom. The molecule has 0 amide bonds. The number of pyridine rings is 1. The normalized spacial score (nSPS) is 10.3. The van der Waals surface area contributed by atoms with Gasteiger partial charge in [-0.3, -0.25) is 0 Å². The van der Waals surface area contributed by atoms with Crippen LogP contribution in [-0.2, 0) is 6.54 Å². The Kier molecular flexibility index (Phi) is 2.97. The molecule has 2 heterocycles. The molecule has 2 rings (SSSR count). The lowest BCUT2D eigenvalue weighted by atomic mass is 10.4. The molecule has 1 N–H and O–H groups in total. The van der Waals surface area contributed by atoms with Crippen molar-refractivity contribution >= 4 is 17.0 Å². The summed E-state index contributed by atoms with van der Waals surface area (Å²) in [5, 5.41) is 3.15. The minimum absolute atomic E-state index is 0.456. The van der Waals surface area contributed by atoms with Crippen LogP contribution in [0.25, 0.3) is 0 Å². The topological polar surface area (TPSA) is 24.9 Å². The Balaban J connectivity index is 1.99. The van der Waals surface area contributed by atoms with Gasteiger partial charge in [-0.25, -0.2) is 4.98 Å². The first kappa shape index (κ1) is 10.1. The third kappa shape index (κ3) is 2.76. The van der Waals surface area contributed by atoms with Crippen molar-refractivity contribution in [2.24, 2.45) is 0 Å². The molecule has 0 saturated heterocycles. The lowest BCUT2D eigenvalue weighted by Crippen LogP contribution is -1.98. The lowest BCUT2D eigenvalue weighted by Gasteiger charge is -2.03. The molecule has 4 heteroatoms. The van der Waals surface area contributed by atoms with Crippen LogP contribution in [0.4, 0.5) is 10.1 Å². The molecule has 0 unspecified atom stereocenters. The highest BCUT2D eigenvalue weighted by molar-refractivity contribution is 7.11. The summed E-state index contributed by atoms with van der Waals surface area (Å²) in [5.41, 5.74) is 0.758. The molecule has 0 atom stereocenters. The molecule has 0 aliphatic heterocycles. The second-order valence-electron chi connectivity index (χ2n) is 3.23. The highest BCUT2D eigenvalue weighted by atomic mass is 32.1. The molecule has 2 nitrogen and oxygen atoms in total. The van der Waals surface area contributed by atoms with Crippen LogP contribution in [0, 0.1) is 12.9 Å². The van der Waals surface area contributed by atoms with E-state index in [2.05, 4.69) is 29.4 Å². The van der Waals surface area contributed by atoms with Gasteiger partial charge in [0.05, 0.1) is 0 Å². The van der Waals surface area contributed by atoms with Gasteiger partial charge in [-0.2, -0.15) is 4.39 Å². The Bertz CT molecular complexity index is 453. The summed E-state index contributed by atoms with van der Waals surface area (Å²) in [6.45, 7) is 2.79. The van der Waals surface area contributed by atoms with Crippen molar-refractivity contribution in [1.29, 1.82) is 0 Å². The molecule has 15 heavy (non-hydrogen) atoms. The van der Waals surface area contributed by atoms with Crippen LogP contribution in [0.1, 0.15) is 9.75 Å². The van der Waals surface area contributed by atoms with E-state index in [1.807, 2.05) is 0 Å². The van der Waals surface area contributed by atoms with Crippen molar-refractivity contribution in [3.8, 4) is 0 Å². The van der Waals surface area contributed by atoms with Gasteiger partial charge in [0.15, 0.2) is 0 Å². The van der Waals surface area contributed by atoms with E-state index in [9.17, 15) is 4.39 Å². The average molecular weight is 222 g/mol. The zero-order valence-corrected chi connectivity index (χ0v) is 9.14. The van der Waals surface area contributed by atoms with E-state index < -0.39 is 5.95 Å². The molecular formula is C11H11FN2S. The first-order chi connectivity index (χ1) is 7.24. The SMILES string of the molecule is Cc1ccc(CNc2ccnc(F)c2)s1. The molecule has 2 aromatic heterocycles. The molecule has 0 fully saturated rings. The van der Waals surface area contributed by atoms with Crippen molar-refractivity contribution < 1.29 is 4.39 Å². The molecule has 0 saturated carbocycles. The number of anilines is 1. The molecule has 0 aromatic carbocycles. The summed E-state index contributed by atoms with van der Waals surface area (Å²) in [6.07, 6.45) is 1.46. The van der Waals surface area contributed by atoms with Gasteiger partial charge in [-0.1, -0.05) is 0 Å². The summed E-state index contributed by atoms with van der Waals surface area (Å²) >= 11 is 1.74. The highest BCUT2D eigenvalue weighted by Crippen LogP contribution is 2.16. The van der Waals surface area contributed by atoms with E-state index in [1.165, 1.54) is 22.0 Å². The zero-order valence-electron chi connectivity index (χ0n) is 8.33. The Morgan fingerprint density at radius 1 is 1.40 bits per heavy atom. The predicted molar refractivity (Wildman–Crippen MR) is 60.6 cm³/mol. The van der Waals surface area contributed by atoms with Crippen LogP contribution in [0.3, 0.4) is 0 Å². The third-order valence-electron chi connectivity index (χ3n) is 1.99. The maximum Gasteiger partial charge on any atom is 0.214 e. The molecule has 0 bridgehead atoms. The van der Waals surface area contributed by atoms with Crippen LogP contribution in [0.15, 0.2) is 30.5 Å². The molecule has 0 spiro atoms. The minimum Gasteiger partial charge on any atom is -0.380 e. The van der Waals surface area contributed by atoms with Crippen LogP contribution >= 0.6 is 11.3 Å². The first-order valence-corrected chi connectivity index (χ1v) is 5.46. The smallest absolute Gasteiger partial charge is 0.214 e. The van der Waals surface area contributed by atoms with Crippen LogP contribution < -0.4 is 5.32 Å². The fourth-order valence-electron chi connectivity index (χ4n) is 1.28. The average Bonchev–Trinajstić information content (AvgIpc) is 2.62. The van der Waals surface area contributed by atoms with Gasteiger partial charge < -0.3 is 5.32 Å². The summed E-state index contributed by atoms with van der Waals surface area (Å²) in [4.78, 5) is 6.02. The van der Waals surface area contributed by atoms with Crippen LogP contribution in [-0.4, -0.2) is 4.98 Å². The van der Waals surface area contributed by atoms with Crippen molar-refractivity contribution in [3.05, 3.63) is 46.2 Å². The van der Waals surface area contributed by atoms with Crippen LogP contribution in [0.2, 0.25) is 0 Å². The van der Waals surface area contributed by atoms with E-state index >= 15 is 0 Å². The number of aryl methyl sites for hydroxylation is 1. The fourth-order valence-corrected chi connectivity index (χ4v) is 2.11. The Labute approximate surface area is 91.8 Å². The number of hydrogen-bond acceptors (Lipinski definition) is 3. The zero-order chi connectivity index (χ0) is 10.7. The first-order valence-electron chi connectivity index (χ1n) is 4.65. The second kappa shape index (κ2) is 4.40. The maximum absolute atomic E-state index is 12.7. The number of nitrogens with zero attached hydrogens (tertiary/aromatic N) is 1. The van der Waals surface area contributed by atoms with E-state index in [-0.39, 0.29) is 0 Å².